The van der Waals surface area contributed by atoms with Crippen LogP contribution < -0.4 is 11.1 Å². The fourth-order valence-electron chi connectivity index (χ4n) is 1.89. The van der Waals surface area contributed by atoms with Crippen LogP contribution >= 0.6 is 22.6 Å². The lowest BCUT2D eigenvalue weighted by Gasteiger charge is -2.31. The fourth-order valence-corrected chi connectivity index (χ4v) is 2.23. The standard InChI is InChI=1S/C13H18IN3O3/c1-3-13(4-2,12(15)17-20)16-11(19)8-5-6-9(14)10(18)7-8/h5-7,18,20H,3-4H2,1-2H3,(H2,15,17)(H,16,19). The normalized spacial score (nSPS) is 12.2. The summed E-state index contributed by atoms with van der Waals surface area (Å²) < 4.78 is 0.660. The second kappa shape index (κ2) is 6.78. The van der Waals surface area contributed by atoms with Gasteiger partial charge in [0, 0.05) is 5.56 Å². The van der Waals surface area contributed by atoms with E-state index < -0.39 is 5.54 Å². The first-order chi connectivity index (χ1) is 9.40. The van der Waals surface area contributed by atoms with Gasteiger partial charge in [-0.2, -0.15) is 0 Å². The number of phenols is 1. The zero-order chi connectivity index (χ0) is 15.3. The molecule has 0 aliphatic carbocycles. The number of phenolic OH excluding ortho intramolecular Hbond substituents is 1. The lowest BCUT2D eigenvalue weighted by Crippen LogP contribution is -2.56. The summed E-state index contributed by atoms with van der Waals surface area (Å²) in [4.78, 5) is 12.2. The van der Waals surface area contributed by atoms with Crippen LogP contribution in [0.3, 0.4) is 0 Å². The van der Waals surface area contributed by atoms with Crippen LogP contribution in [0.4, 0.5) is 0 Å². The number of halogens is 1. The third kappa shape index (κ3) is 3.33. The van der Waals surface area contributed by atoms with Crippen molar-refractivity contribution in [3.8, 4) is 5.75 Å². The Morgan fingerprint density at radius 1 is 1.45 bits per heavy atom. The number of rotatable bonds is 5. The van der Waals surface area contributed by atoms with Gasteiger partial charge in [-0.25, -0.2) is 0 Å². The highest BCUT2D eigenvalue weighted by Gasteiger charge is 2.33. The van der Waals surface area contributed by atoms with Crippen LogP contribution in [-0.2, 0) is 0 Å². The number of oxime groups is 1. The second-order valence-corrected chi connectivity index (χ2v) is 5.56. The molecule has 1 rings (SSSR count). The Balaban J connectivity index is 3.05. The van der Waals surface area contributed by atoms with Crippen LogP contribution in [0.5, 0.6) is 5.75 Å². The Morgan fingerprint density at radius 3 is 2.50 bits per heavy atom. The van der Waals surface area contributed by atoms with Gasteiger partial charge in [-0.15, -0.1) is 0 Å². The van der Waals surface area contributed by atoms with Crippen LogP contribution in [-0.4, -0.2) is 27.6 Å². The first kappa shape index (κ1) is 16.5. The number of benzene rings is 1. The largest absolute Gasteiger partial charge is 0.507 e. The lowest BCUT2D eigenvalue weighted by molar-refractivity contribution is 0.0917. The van der Waals surface area contributed by atoms with Crippen LogP contribution in [0.15, 0.2) is 23.4 Å². The number of hydrogen-bond acceptors (Lipinski definition) is 4. The van der Waals surface area contributed by atoms with E-state index in [0.29, 0.717) is 22.0 Å². The minimum absolute atomic E-state index is 0.0365. The van der Waals surface area contributed by atoms with Gasteiger partial charge < -0.3 is 21.4 Å². The average molecular weight is 391 g/mol. The molecule has 0 spiro atoms. The van der Waals surface area contributed by atoms with E-state index in [1.54, 1.807) is 12.1 Å². The van der Waals surface area contributed by atoms with E-state index in [2.05, 4.69) is 10.5 Å². The van der Waals surface area contributed by atoms with E-state index in [9.17, 15) is 9.90 Å². The smallest absolute Gasteiger partial charge is 0.252 e. The van der Waals surface area contributed by atoms with E-state index in [4.69, 9.17) is 10.9 Å². The van der Waals surface area contributed by atoms with Gasteiger partial charge >= 0.3 is 0 Å². The molecule has 0 saturated heterocycles. The molecular weight excluding hydrogens is 373 g/mol. The monoisotopic (exact) mass is 391 g/mol. The SMILES string of the molecule is CCC(CC)(NC(=O)c1ccc(I)c(O)c1)/C(N)=N/O. The van der Waals surface area contributed by atoms with Gasteiger partial charge in [0.25, 0.3) is 5.91 Å². The quantitative estimate of drug-likeness (QED) is 0.203. The Morgan fingerprint density at radius 2 is 2.05 bits per heavy atom. The summed E-state index contributed by atoms with van der Waals surface area (Å²) in [5.74, 6) is -0.377. The van der Waals surface area contributed by atoms with E-state index in [-0.39, 0.29) is 17.5 Å². The molecular formula is C13H18IN3O3. The first-order valence-corrected chi connectivity index (χ1v) is 7.27. The predicted octanol–water partition coefficient (Wildman–Crippen LogP) is 2.03. The second-order valence-electron chi connectivity index (χ2n) is 4.39. The van der Waals surface area contributed by atoms with Gasteiger partial charge in [-0.1, -0.05) is 19.0 Å². The Labute approximate surface area is 131 Å². The molecule has 5 N–H and O–H groups in total. The topological polar surface area (TPSA) is 108 Å². The number of carbonyl (C=O) groups excluding carboxylic acids is 1. The van der Waals surface area contributed by atoms with E-state index >= 15 is 0 Å². The number of aromatic hydroxyl groups is 1. The molecule has 0 saturated carbocycles. The molecule has 0 unspecified atom stereocenters. The summed E-state index contributed by atoms with van der Waals surface area (Å²) in [6, 6.07) is 4.65. The van der Waals surface area contributed by atoms with Crippen molar-refractivity contribution < 1.29 is 15.1 Å². The van der Waals surface area contributed by atoms with E-state index in [1.807, 2.05) is 36.4 Å². The van der Waals surface area contributed by atoms with Crippen LogP contribution in [0.2, 0.25) is 0 Å². The number of nitrogens with one attached hydrogen (secondary N) is 1. The molecule has 0 aromatic heterocycles. The highest BCUT2D eigenvalue weighted by atomic mass is 127. The van der Waals surface area contributed by atoms with Crippen molar-refractivity contribution in [1.29, 1.82) is 0 Å². The van der Waals surface area contributed by atoms with E-state index in [1.165, 1.54) is 6.07 Å². The van der Waals surface area contributed by atoms with Gasteiger partial charge in [0.2, 0.25) is 0 Å². The maximum Gasteiger partial charge on any atom is 0.252 e. The zero-order valence-electron chi connectivity index (χ0n) is 11.4. The molecule has 0 bridgehead atoms. The third-order valence-corrected chi connectivity index (χ3v) is 4.28. The van der Waals surface area contributed by atoms with Crippen molar-refractivity contribution in [2.24, 2.45) is 10.9 Å². The highest BCUT2D eigenvalue weighted by molar-refractivity contribution is 14.1. The minimum atomic E-state index is -0.898. The Hall–Kier alpha value is -1.51. The summed E-state index contributed by atoms with van der Waals surface area (Å²) >= 11 is 1.97. The molecule has 1 aromatic rings. The molecule has 1 aromatic carbocycles. The van der Waals surface area contributed by atoms with E-state index in [0.717, 1.165) is 0 Å². The predicted molar refractivity (Wildman–Crippen MR) is 85.0 cm³/mol. The maximum atomic E-state index is 12.2. The number of amides is 1. The molecule has 0 fully saturated rings. The van der Waals surface area contributed by atoms with Crippen LogP contribution in [0.25, 0.3) is 0 Å². The molecule has 0 radical (unpaired) electrons. The minimum Gasteiger partial charge on any atom is -0.507 e. The molecule has 110 valence electrons. The number of nitrogens with two attached hydrogens (primary N) is 1. The van der Waals surface area contributed by atoms with Crippen molar-refractivity contribution in [2.45, 2.75) is 32.2 Å². The summed E-state index contributed by atoms with van der Waals surface area (Å²) in [6.07, 6.45) is 0.975. The highest BCUT2D eigenvalue weighted by Crippen LogP contribution is 2.22. The maximum absolute atomic E-state index is 12.2. The van der Waals surface area contributed by atoms with Gasteiger partial charge in [0.1, 0.15) is 11.3 Å². The van der Waals surface area contributed by atoms with Crippen molar-refractivity contribution in [1.82, 2.24) is 5.32 Å². The molecule has 1 amide bonds. The molecule has 20 heavy (non-hydrogen) atoms. The van der Waals surface area contributed by atoms with Gasteiger partial charge in [-0.05, 0) is 53.6 Å². The molecule has 0 aliphatic heterocycles. The lowest BCUT2D eigenvalue weighted by atomic mass is 9.91. The zero-order valence-corrected chi connectivity index (χ0v) is 13.5. The molecule has 0 aliphatic rings. The molecule has 7 heteroatoms. The fraction of sp³-hybridized carbons (Fsp3) is 0.385. The summed E-state index contributed by atoms with van der Waals surface area (Å²) in [7, 11) is 0. The molecule has 0 heterocycles. The Kier molecular flexibility index (Phi) is 5.61. The number of hydrogen-bond donors (Lipinski definition) is 4. The third-order valence-electron chi connectivity index (χ3n) is 3.37. The summed E-state index contributed by atoms with van der Waals surface area (Å²) in [5, 5.41) is 24.3. The van der Waals surface area contributed by atoms with Crippen molar-refractivity contribution in [3.63, 3.8) is 0 Å². The van der Waals surface area contributed by atoms with Gasteiger partial charge in [-0.3, -0.25) is 4.79 Å². The van der Waals surface area contributed by atoms with Crippen molar-refractivity contribution >= 4 is 34.3 Å². The summed E-state index contributed by atoms with van der Waals surface area (Å²) in [5.41, 5.74) is 5.11. The first-order valence-electron chi connectivity index (χ1n) is 6.19. The van der Waals surface area contributed by atoms with Gasteiger partial charge in [0.15, 0.2) is 5.84 Å². The number of amidine groups is 1. The van der Waals surface area contributed by atoms with Crippen LogP contribution in [0.1, 0.15) is 37.0 Å². The summed E-state index contributed by atoms with van der Waals surface area (Å²) in [6.45, 7) is 3.68. The van der Waals surface area contributed by atoms with Gasteiger partial charge in [0.05, 0.1) is 3.57 Å². The number of nitrogens with zero attached hydrogens (tertiary/aromatic N) is 1. The Bertz CT molecular complexity index is 528. The van der Waals surface area contributed by atoms with Crippen molar-refractivity contribution in [2.75, 3.05) is 0 Å². The molecule has 6 nitrogen and oxygen atoms in total. The average Bonchev–Trinajstić information content (AvgIpc) is 2.46. The van der Waals surface area contributed by atoms with Crippen molar-refractivity contribution in [3.05, 3.63) is 27.3 Å². The van der Waals surface area contributed by atoms with Crippen LogP contribution in [0, 0.1) is 3.57 Å². The molecule has 0 atom stereocenters. The number of carbonyl (C=O) groups is 1.